The van der Waals surface area contributed by atoms with E-state index in [1.807, 2.05) is 6.07 Å². The van der Waals surface area contributed by atoms with Gasteiger partial charge in [0.2, 0.25) is 0 Å². The summed E-state index contributed by atoms with van der Waals surface area (Å²) in [5.74, 6) is 1.17. The monoisotopic (exact) mass is 872 g/mol. The van der Waals surface area contributed by atoms with E-state index in [0.717, 1.165) is 57.4 Å². The summed E-state index contributed by atoms with van der Waals surface area (Å²) in [6.07, 6.45) is 6.03. The molecular weight excluding hydrogens is 803 g/mol. The van der Waals surface area contributed by atoms with Crippen molar-refractivity contribution in [3.63, 3.8) is 0 Å². The molecule has 300 valence electrons. The van der Waals surface area contributed by atoms with Gasteiger partial charge in [-0.25, -0.2) is 13.2 Å². The summed E-state index contributed by atoms with van der Waals surface area (Å²) in [4.78, 5) is 0. The standard InChI is InChI=1S/C14H7F3.2C14H32P2.2Ni/c15-12-9-8-11(13(16)14(12)17)7-6-10-4-2-1-3-5-10;2*1-11(2)15(12(3)4)9-10-16(13(5)6)14(7)8;;/h1-5,8-9H;2*11-14H,9-10H2,1-8H3;;. The van der Waals surface area contributed by atoms with Gasteiger partial charge in [0.15, 0.2) is 17.5 Å². The van der Waals surface area contributed by atoms with E-state index in [1.165, 1.54) is 24.6 Å². The Morgan fingerprint density at radius 1 is 0.412 bits per heavy atom. The maximum atomic E-state index is 13.2. The van der Waals surface area contributed by atoms with Gasteiger partial charge >= 0.3 is 0 Å². The van der Waals surface area contributed by atoms with Gasteiger partial charge in [0.25, 0.3) is 0 Å². The second kappa shape index (κ2) is 29.7. The Kier molecular flexibility index (Phi) is 32.6. The van der Waals surface area contributed by atoms with E-state index < -0.39 is 17.5 Å². The minimum absolute atomic E-state index is 0. The molecule has 0 radical (unpaired) electrons. The van der Waals surface area contributed by atoms with Crippen LogP contribution in [-0.4, -0.2) is 69.9 Å². The number of rotatable bonds is 14. The first-order valence-corrected chi connectivity index (χ1v) is 25.1. The molecule has 0 heterocycles. The Morgan fingerprint density at radius 2 is 0.706 bits per heavy atom. The maximum Gasteiger partial charge on any atom is 0.195 e. The molecule has 0 saturated carbocycles. The molecule has 9 heteroatoms. The molecule has 0 aliphatic heterocycles. The molecule has 0 aliphatic rings. The Hall–Kier alpha value is 0.497. The maximum absolute atomic E-state index is 13.2. The Bertz CT molecular complexity index is 1110. The third kappa shape index (κ3) is 22.6. The Morgan fingerprint density at radius 3 is 0.980 bits per heavy atom. The van der Waals surface area contributed by atoms with Crippen LogP contribution in [0.1, 0.15) is 122 Å². The molecule has 0 N–H and O–H groups in total. The van der Waals surface area contributed by atoms with Crippen LogP contribution in [0.2, 0.25) is 0 Å². The minimum Gasteiger partial charge on any atom is -0.204 e. The van der Waals surface area contributed by atoms with Crippen molar-refractivity contribution in [3.05, 3.63) is 71.0 Å². The second-order valence-corrected chi connectivity index (χ2v) is 29.2. The van der Waals surface area contributed by atoms with Gasteiger partial charge in [-0.05, 0) is 94.2 Å². The van der Waals surface area contributed by atoms with E-state index in [0.29, 0.717) is 5.56 Å². The van der Waals surface area contributed by atoms with Gasteiger partial charge < -0.3 is 0 Å². The molecule has 0 nitrogen and oxygen atoms in total. The third-order valence-electron chi connectivity index (χ3n) is 8.69. The predicted octanol–water partition coefficient (Wildman–Crippen LogP) is 14.7. The zero-order valence-corrected chi connectivity index (χ0v) is 40.1. The largest absolute Gasteiger partial charge is 0.204 e. The van der Waals surface area contributed by atoms with Crippen molar-refractivity contribution in [3.8, 4) is 11.8 Å². The summed E-state index contributed by atoms with van der Waals surface area (Å²) >= 11 is 0. The zero-order valence-electron chi connectivity index (χ0n) is 34.5. The second-order valence-electron chi connectivity index (χ2n) is 15.0. The molecule has 0 unspecified atom stereocenters. The zero-order chi connectivity index (χ0) is 38.0. The topological polar surface area (TPSA) is 0 Å². The summed E-state index contributed by atoms with van der Waals surface area (Å²) < 4.78 is 38.8. The van der Waals surface area contributed by atoms with Gasteiger partial charge in [0, 0.05) is 38.5 Å². The summed E-state index contributed by atoms with van der Waals surface area (Å²) in [5.41, 5.74) is 7.79. The van der Waals surface area contributed by atoms with Crippen molar-refractivity contribution in [2.75, 3.05) is 24.6 Å². The average molecular weight is 874 g/mol. The van der Waals surface area contributed by atoms with Crippen molar-refractivity contribution < 1.29 is 46.2 Å². The first kappa shape index (κ1) is 55.8. The van der Waals surface area contributed by atoms with Crippen molar-refractivity contribution in [2.45, 2.75) is 156 Å². The molecular formula is C42H71F3Ni2P4. The number of hydrogen-bond donors (Lipinski definition) is 0. The van der Waals surface area contributed by atoms with Crippen molar-refractivity contribution in [1.82, 2.24) is 0 Å². The minimum atomic E-state index is -1.50. The fourth-order valence-electron chi connectivity index (χ4n) is 6.20. The van der Waals surface area contributed by atoms with Crippen molar-refractivity contribution in [1.29, 1.82) is 0 Å². The van der Waals surface area contributed by atoms with Crippen LogP contribution in [0.4, 0.5) is 13.2 Å². The first-order chi connectivity index (χ1) is 22.7. The summed E-state index contributed by atoms with van der Waals surface area (Å²) in [6.45, 7) is 38.6. The fraction of sp³-hybridized carbons (Fsp3) is 0.667. The average Bonchev–Trinajstić information content (AvgIpc) is 2.99. The number of halogens is 3. The van der Waals surface area contributed by atoms with Crippen molar-refractivity contribution in [2.24, 2.45) is 0 Å². The fourth-order valence-corrected chi connectivity index (χ4v) is 18.8. The molecule has 0 atom stereocenters. The quantitative estimate of drug-likeness (QED) is 0.0768. The summed E-state index contributed by atoms with van der Waals surface area (Å²) in [6, 6.07) is 10.8. The Balaban J connectivity index is -0.000000666. The first-order valence-electron chi connectivity index (χ1n) is 18.5. The van der Waals surface area contributed by atoms with Crippen LogP contribution in [-0.2, 0) is 33.0 Å². The molecule has 0 bridgehead atoms. The van der Waals surface area contributed by atoms with Gasteiger partial charge in [0.05, 0.1) is 5.56 Å². The predicted molar refractivity (Wildman–Crippen MR) is 227 cm³/mol. The van der Waals surface area contributed by atoms with E-state index in [9.17, 15) is 13.2 Å². The van der Waals surface area contributed by atoms with Crippen LogP contribution in [0, 0.1) is 29.3 Å². The van der Waals surface area contributed by atoms with Crippen LogP contribution in [0.3, 0.4) is 0 Å². The van der Waals surface area contributed by atoms with E-state index >= 15 is 0 Å². The molecule has 0 aromatic heterocycles. The van der Waals surface area contributed by atoms with Crippen LogP contribution in [0.15, 0.2) is 42.5 Å². The molecule has 2 aromatic rings. The van der Waals surface area contributed by atoms with Crippen LogP contribution in [0.25, 0.3) is 0 Å². The molecule has 0 saturated heterocycles. The SMILES string of the molecule is CC(C)P(CCP(C(C)C)C(C)C)C(C)C.CC(C)P(CCP(C(C)C)C(C)C)C(C)C.Fc1ccc(C#Cc2ccccc2)c(F)c1F.[Ni].[Ni]. The van der Waals surface area contributed by atoms with E-state index in [4.69, 9.17) is 0 Å². The van der Waals surface area contributed by atoms with E-state index in [1.54, 1.807) is 24.3 Å². The van der Waals surface area contributed by atoms with Crippen LogP contribution in [0.5, 0.6) is 0 Å². The molecule has 2 rings (SSSR count). The molecule has 0 amide bonds. The molecule has 2 aromatic carbocycles. The van der Waals surface area contributed by atoms with Crippen LogP contribution < -0.4 is 0 Å². The smallest absolute Gasteiger partial charge is 0.195 e. The molecule has 0 spiro atoms. The molecule has 0 aliphatic carbocycles. The van der Waals surface area contributed by atoms with E-state index in [2.05, 4.69) is 123 Å². The van der Waals surface area contributed by atoms with Gasteiger partial charge in [-0.3, -0.25) is 0 Å². The summed E-state index contributed by atoms with van der Waals surface area (Å²) in [5, 5.41) is 0. The van der Waals surface area contributed by atoms with E-state index in [-0.39, 0.29) is 70.2 Å². The van der Waals surface area contributed by atoms with Crippen molar-refractivity contribution >= 4 is 31.7 Å². The summed E-state index contributed by atoms with van der Waals surface area (Å²) in [7, 11) is 1.02. The number of benzene rings is 2. The molecule has 0 fully saturated rings. The van der Waals surface area contributed by atoms with Crippen LogP contribution >= 0.6 is 31.7 Å². The third-order valence-corrected chi connectivity index (χ3v) is 23.0. The van der Waals surface area contributed by atoms with Gasteiger partial charge in [-0.15, -0.1) is 31.7 Å². The normalized spacial score (nSPS) is 11.4. The number of hydrogen-bond acceptors (Lipinski definition) is 0. The van der Waals surface area contributed by atoms with Gasteiger partial charge in [-0.2, -0.15) is 0 Å². The molecule has 51 heavy (non-hydrogen) atoms. The Labute approximate surface area is 339 Å². The van der Waals surface area contributed by atoms with Gasteiger partial charge in [-0.1, -0.05) is 141 Å². The van der Waals surface area contributed by atoms with Gasteiger partial charge in [0.1, 0.15) is 0 Å².